The number of thioether (sulfide) groups is 1. The standard InChI is InChI=1S/C18H23N5OS/c1-13(12-23-14(2)21-15-6-4-5-7-16(15)23)17(24)19-9-11-25-18-20-8-10-22(18)3/h4-8,10,13H,9,11-12H2,1-3H3,(H,19,24). The summed E-state index contributed by atoms with van der Waals surface area (Å²) in [5, 5.41) is 3.97. The molecular formula is C18H23N5OS. The van der Waals surface area contributed by atoms with Crippen molar-refractivity contribution >= 4 is 28.7 Å². The topological polar surface area (TPSA) is 64.7 Å². The Bertz CT molecular complexity index is 869. The maximum atomic E-state index is 12.4. The number of rotatable bonds is 7. The van der Waals surface area contributed by atoms with Gasteiger partial charge in [0.05, 0.1) is 17.0 Å². The molecule has 0 aliphatic rings. The molecule has 1 atom stereocenters. The van der Waals surface area contributed by atoms with Gasteiger partial charge in [0, 0.05) is 38.3 Å². The van der Waals surface area contributed by atoms with Gasteiger partial charge in [0.1, 0.15) is 5.82 Å². The van der Waals surface area contributed by atoms with Crippen LogP contribution in [0.5, 0.6) is 0 Å². The normalized spacial score (nSPS) is 12.4. The van der Waals surface area contributed by atoms with Gasteiger partial charge in [-0.05, 0) is 19.1 Å². The second-order valence-corrected chi connectivity index (χ2v) is 7.18. The van der Waals surface area contributed by atoms with Crippen LogP contribution in [0, 0.1) is 12.8 Å². The lowest BCUT2D eigenvalue weighted by Gasteiger charge is -2.14. The fourth-order valence-electron chi connectivity index (χ4n) is 2.76. The minimum atomic E-state index is -0.116. The minimum Gasteiger partial charge on any atom is -0.355 e. The van der Waals surface area contributed by atoms with Crippen molar-refractivity contribution in [2.24, 2.45) is 13.0 Å². The Balaban J connectivity index is 1.52. The number of aromatic nitrogens is 4. The summed E-state index contributed by atoms with van der Waals surface area (Å²) >= 11 is 1.64. The Labute approximate surface area is 151 Å². The predicted molar refractivity (Wildman–Crippen MR) is 101 cm³/mol. The first-order valence-corrected chi connectivity index (χ1v) is 9.34. The number of benzene rings is 1. The molecule has 1 N–H and O–H groups in total. The summed E-state index contributed by atoms with van der Waals surface area (Å²) in [4.78, 5) is 21.2. The van der Waals surface area contributed by atoms with Gasteiger partial charge in [0.15, 0.2) is 5.16 Å². The third kappa shape index (κ3) is 4.04. The average Bonchev–Trinajstić information content (AvgIpc) is 3.15. The van der Waals surface area contributed by atoms with Crippen LogP contribution in [0.15, 0.2) is 41.8 Å². The number of nitrogens with one attached hydrogen (secondary N) is 1. The van der Waals surface area contributed by atoms with Crippen LogP contribution in [0.3, 0.4) is 0 Å². The van der Waals surface area contributed by atoms with Crippen molar-refractivity contribution < 1.29 is 4.79 Å². The number of hydrogen-bond acceptors (Lipinski definition) is 4. The van der Waals surface area contributed by atoms with Crippen molar-refractivity contribution in [3.8, 4) is 0 Å². The molecular weight excluding hydrogens is 334 g/mol. The lowest BCUT2D eigenvalue weighted by molar-refractivity contribution is -0.124. The van der Waals surface area contributed by atoms with Crippen LogP contribution in [0.25, 0.3) is 11.0 Å². The molecule has 0 radical (unpaired) electrons. The van der Waals surface area contributed by atoms with E-state index in [9.17, 15) is 4.79 Å². The first-order chi connectivity index (χ1) is 12.1. The molecule has 0 bridgehead atoms. The van der Waals surface area contributed by atoms with E-state index in [1.807, 2.05) is 55.9 Å². The molecule has 0 aliphatic heterocycles. The van der Waals surface area contributed by atoms with Gasteiger partial charge in [-0.15, -0.1) is 0 Å². The number of fused-ring (bicyclic) bond motifs is 1. The molecule has 1 aromatic carbocycles. The number of hydrogen-bond donors (Lipinski definition) is 1. The van der Waals surface area contributed by atoms with Crippen LogP contribution in [0.1, 0.15) is 12.7 Å². The van der Waals surface area contributed by atoms with Crippen LogP contribution in [0.2, 0.25) is 0 Å². The van der Waals surface area contributed by atoms with Gasteiger partial charge in [0.2, 0.25) is 5.91 Å². The zero-order valence-corrected chi connectivity index (χ0v) is 15.6. The van der Waals surface area contributed by atoms with Crippen molar-refractivity contribution in [3.63, 3.8) is 0 Å². The molecule has 0 saturated heterocycles. The lowest BCUT2D eigenvalue weighted by atomic mass is 10.1. The van der Waals surface area contributed by atoms with Gasteiger partial charge in [0.25, 0.3) is 0 Å². The smallest absolute Gasteiger partial charge is 0.224 e. The Morgan fingerprint density at radius 1 is 1.36 bits per heavy atom. The lowest BCUT2D eigenvalue weighted by Crippen LogP contribution is -2.33. The van der Waals surface area contributed by atoms with Crippen LogP contribution >= 0.6 is 11.8 Å². The molecule has 2 heterocycles. The zero-order chi connectivity index (χ0) is 17.8. The monoisotopic (exact) mass is 357 g/mol. The van der Waals surface area contributed by atoms with E-state index in [0.717, 1.165) is 27.8 Å². The number of nitrogens with zero attached hydrogens (tertiary/aromatic N) is 4. The van der Waals surface area contributed by atoms with E-state index in [0.29, 0.717) is 13.1 Å². The molecule has 3 aromatic rings. The number of carbonyl (C=O) groups excluding carboxylic acids is 1. The van der Waals surface area contributed by atoms with Crippen molar-refractivity contribution in [3.05, 3.63) is 42.5 Å². The van der Waals surface area contributed by atoms with E-state index in [-0.39, 0.29) is 11.8 Å². The summed E-state index contributed by atoms with van der Waals surface area (Å²) in [6.45, 7) is 5.19. The molecule has 2 aromatic heterocycles. The highest BCUT2D eigenvalue weighted by atomic mass is 32.2. The van der Waals surface area contributed by atoms with Crippen LogP contribution in [0.4, 0.5) is 0 Å². The highest BCUT2D eigenvalue weighted by Gasteiger charge is 2.16. The summed E-state index contributed by atoms with van der Waals surface area (Å²) in [5.74, 6) is 1.69. The molecule has 1 amide bonds. The molecule has 25 heavy (non-hydrogen) atoms. The highest BCUT2D eigenvalue weighted by Crippen LogP contribution is 2.17. The second kappa shape index (κ2) is 7.74. The number of amides is 1. The number of imidazole rings is 2. The Hall–Kier alpha value is -2.28. The summed E-state index contributed by atoms with van der Waals surface area (Å²) in [6, 6.07) is 8.02. The predicted octanol–water partition coefficient (Wildman–Crippen LogP) is 2.62. The number of aryl methyl sites for hydroxylation is 2. The maximum absolute atomic E-state index is 12.4. The zero-order valence-electron chi connectivity index (χ0n) is 14.8. The third-order valence-electron chi connectivity index (χ3n) is 4.16. The fraction of sp³-hybridized carbons (Fsp3) is 0.389. The van der Waals surface area contributed by atoms with Crippen LogP contribution in [-0.4, -0.2) is 37.3 Å². The van der Waals surface area contributed by atoms with Gasteiger partial charge in [-0.1, -0.05) is 30.8 Å². The Morgan fingerprint density at radius 2 is 2.16 bits per heavy atom. The molecule has 132 valence electrons. The SMILES string of the molecule is Cc1nc2ccccc2n1CC(C)C(=O)NCCSc1nccn1C. The summed E-state index contributed by atoms with van der Waals surface area (Å²) < 4.78 is 4.09. The van der Waals surface area contributed by atoms with E-state index in [4.69, 9.17) is 0 Å². The molecule has 1 unspecified atom stereocenters. The van der Waals surface area contributed by atoms with Gasteiger partial charge in [-0.25, -0.2) is 9.97 Å². The third-order valence-corrected chi connectivity index (χ3v) is 5.22. The van der Waals surface area contributed by atoms with E-state index >= 15 is 0 Å². The molecule has 0 saturated carbocycles. The first-order valence-electron chi connectivity index (χ1n) is 8.36. The van der Waals surface area contributed by atoms with E-state index in [2.05, 4.69) is 19.9 Å². The van der Waals surface area contributed by atoms with E-state index in [1.54, 1.807) is 18.0 Å². The number of carbonyl (C=O) groups is 1. The first kappa shape index (κ1) is 17.5. The summed E-state index contributed by atoms with van der Waals surface area (Å²) in [6.07, 6.45) is 3.70. The summed E-state index contributed by atoms with van der Waals surface area (Å²) in [5.41, 5.74) is 2.05. The number of para-hydroxylation sites is 2. The van der Waals surface area contributed by atoms with Gasteiger partial charge in [-0.2, -0.15) is 0 Å². The molecule has 0 spiro atoms. The summed E-state index contributed by atoms with van der Waals surface area (Å²) in [7, 11) is 1.97. The largest absolute Gasteiger partial charge is 0.355 e. The van der Waals surface area contributed by atoms with Crippen LogP contribution < -0.4 is 5.32 Å². The minimum absolute atomic E-state index is 0.0672. The van der Waals surface area contributed by atoms with Crippen molar-refractivity contribution in [2.45, 2.75) is 25.5 Å². The van der Waals surface area contributed by atoms with Crippen molar-refractivity contribution in [1.29, 1.82) is 0 Å². The molecule has 6 nitrogen and oxygen atoms in total. The van der Waals surface area contributed by atoms with Crippen molar-refractivity contribution in [2.75, 3.05) is 12.3 Å². The Kier molecular flexibility index (Phi) is 5.43. The molecule has 3 rings (SSSR count). The quantitative estimate of drug-likeness (QED) is 0.521. The molecule has 0 aliphatic carbocycles. The van der Waals surface area contributed by atoms with Gasteiger partial charge < -0.3 is 14.5 Å². The van der Waals surface area contributed by atoms with Crippen LogP contribution in [-0.2, 0) is 18.4 Å². The second-order valence-electron chi connectivity index (χ2n) is 6.12. The van der Waals surface area contributed by atoms with E-state index in [1.165, 1.54) is 0 Å². The Morgan fingerprint density at radius 3 is 2.92 bits per heavy atom. The molecule has 7 heteroatoms. The molecule has 0 fully saturated rings. The average molecular weight is 357 g/mol. The van der Waals surface area contributed by atoms with E-state index < -0.39 is 0 Å². The fourth-order valence-corrected chi connectivity index (χ4v) is 3.55. The maximum Gasteiger partial charge on any atom is 0.224 e. The highest BCUT2D eigenvalue weighted by molar-refractivity contribution is 7.99. The van der Waals surface area contributed by atoms with Gasteiger partial charge in [-0.3, -0.25) is 4.79 Å². The van der Waals surface area contributed by atoms with Gasteiger partial charge >= 0.3 is 0 Å². The van der Waals surface area contributed by atoms with Crippen molar-refractivity contribution in [1.82, 2.24) is 24.4 Å².